The molecule has 0 aromatic heterocycles. The van der Waals surface area contributed by atoms with Crippen molar-refractivity contribution >= 4 is 45.1 Å². The number of nitrogens with zero attached hydrogens (tertiary/aromatic N) is 1. The fourth-order valence-corrected chi connectivity index (χ4v) is 5.81. The molecule has 0 bridgehead atoms. The number of rotatable bonds is 7. The number of nitrogens with one attached hydrogen (secondary N) is 1. The van der Waals surface area contributed by atoms with Gasteiger partial charge in [0.2, 0.25) is 10.0 Å². The Morgan fingerprint density at radius 2 is 1.65 bits per heavy atom. The lowest BCUT2D eigenvalue weighted by atomic mass is 10.1. The molecule has 1 aliphatic rings. The van der Waals surface area contributed by atoms with E-state index in [9.17, 15) is 18.0 Å². The quantitative estimate of drug-likeness (QED) is 0.584. The van der Waals surface area contributed by atoms with Crippen LogP contribution in [-0.4, -0.2) is 62.6 Å². The van der Waals surface area contributed by atoms with Crippen molar-refractivity contribution in [1.29, 1.82) is 0 Å². The van der Waals surface area contributed by atoms with Gasteiger partial charge in [0.1, 0.15) is 10.9 Å². The van der Waals surface area contributed by atoms with Crippen LogP contribution >= 0.6 is 23.2 Å². The summed E-state index contributed by atoms with van der Waals surface area (Å²) in [6, 6.07) is 3.04. The van der Waals surface area contributed by atoms with Gasteiger partial charge in [0.05, 0.1) is 22.3 Å². The summed E-state index contributed by atoms with van der Waals surface area (Å²) in [5, 5.41) is -0.148. The number of carbonyl (C=O) groups is 2. The van der Waals surface area contributed by atoms with Crippen molar-refractivity contribution in [2.75, 3.05) is 13.1 Å². The van der Waals surface area contributed by atoms with Gasteiger partial charge in [-0.25, -0.2) is 8.42 Å². The minimum Gasteiger partial charge on any atom is -0.451 e. The summed E-state index contributed by atoms with van der Waals surface area (Å²) in [6.45, 7) is 9.25. The zero-order valence-corrected chi connectivity index (χ0v) is 20.4. The van der Waals surface area contributed by atoms with Gasteiger partial charge in [0, 0.05) is 13.1 Å². The molecule has 174 valence electrons. The van der Waals surface area contributed by atoms with Crippen LogP contribution in [0, 0.1) is 5.92 Å². The van der Waals surface area contributed by atoms with Crippen molar-refractivity contribution in [3.8, 4) is 0 Å². The molecular formula is C20H28Cl2N2O6S. The van der Waals surface area contributed by atoms with E-state index in [1.54, 1.807) is 18.7 Å². The number of ether oxygens (including phenoxy) is 2. The van der Waals surface area contributed by atoms with Crippen molar-refractivity contribution in [1.82, 2.24) is 9.62 Å². The molecule has 11 heteroatoms. The van der Waals surface area contributed by atoms with Gasteiger partial charge in [-0.15, -0.1) is 0 Å². The van der Waals surface area contributed by atoms with E-state index in [2.05, 4.69) is 4.72 Å². The second-order valence-corrected chi connectivity index (χ2v) is 10.4. The molecule has 1 aromatic rings. The SMILES string of the molecule is CC(C)[C@@H](NS(=O)(=O)c1c(Cl)cccc1Cl)C(=O)O[C@H](C)C(=O)N1C[C@@H](C)O[C@H](C)C1. The highest BCUT2D eigenvalue weighted by Gasteiger charge is 2.35. The molecule has 1 aliphatic heterocycles. The third-order valence-electron chi connectivity index (χ3n) is 4.76. The van der Waals surface area contributed by atoms with Gasteiger partial charge in [-0.2, -0.15) is 4.72 Å². The van der Waals surface area contributed by atoms with Crippen LogP contribution in [0.25, 0.3) is 0 Å². The average Bonchev–Trinajstić information content (AvgIpc) is 2.64. The number of hydrogen-bond acceptors (Lipinski definition) is 6. The first-order valence-electron chi connectivity index (χ1n) is 9.94. The zero-order valence-electron chi connectivity index (χ0n) is 18.1. The van der Waals surface area contributed by atoms with Crippen LogP contribution in [0.1, 0.15) is 34.6 Å². The van der Waals surface area contributed by atoms with Gasteiger partial charge < -0.3 is 14.4 Å². The maximum absolute atomic E-state index is 12.9. The molecule has 1 N–H and O–H groups in total. The Kier molecular flexibility index (Phi) is 8.75. The minimum absolute atomic E-state index is 0.0741. The third kappa shape index (κ3) is 6.55. The van der Waals surface area contributed by atoms with Gasteiger partial charge >= 0.3 is 5.97 Å². The van der Waals surface area contributed by atoms with Crippen LogP contribution in [-0.2, 0) is 29.1 Å². The topological polar surface area (TPSA) is 102 Å². The lowest BCUT2D eigenvalue weighted by molar-refractivity contribution is -0.166. The number of hydrogen-bond donors (Lipinski definition) is 1. The molecule has 1 fully saturated rings. The van der Waals surface area contributed by atoms with E-state index in [0.29, 0.717) is 13.1 Å². The second kappa shape index (κ2) is 10.5. The first kappa shape index (κ1) is 25.9. The second-order valence-electron chi connectivity index (χ2n) is 7.97. The third-order valence-corrected chi connectivity index (χ3v) is 7.16. The molecule has 1 amide bonds. The summed E-state index contributed by atoms with van der Waals surface area (Å²) < 4.78 is 39.0. The predicted octanol–water partition coefficient (Wildman–Crippen LogP) is 2.86. The van der Waals surface area contributed by atoms with Crippen LogP contribution in [0.4, 0.5) is 0 Å². The lowest BCUT2D eigenvalue weighted by Gasteiger charge is -2.36. The Morgan fingerprint density at radius 3 is 2.13 bits per heavy atom. The van der Waals surface area contributed by atoms with E-state index in [0.717, 1.165) is 0 Å². The van der Waals surface area contributed by atoms with E-state index in [4.69, 9.17) is 32.7 Å². The smallest absolute Gasteiger partial charge is 0.325 e. The number of carbonyl (C=O) groups excluding carboxylic acids is 2. The summed E-state index contributed by atoms with van der Waals surface area (Å²) in [5.74, 6) is -1.69. The van der Waals surface area contributed by atoms with Crippen molar-refractivity contribution in [3.63, 3.8) is 0 Å². The first-order chi connectivity index (χ1) is 14.3. The molecule has 0 radical (unpaired) electrons. The summed E-state index contributed by atoms with van der Waals surface area (Å²) in [6.07, 6.45) is -1.35. The standard InChI is InChI=1S/C20H28Cl2N2O6S/c1-11(2)17(23-31(27,28)18-15(21)7-6-8-16(18)22)20(26)30-14(5)19(25)24-9-12(3)29-13(4)10-24/h6-8,11-14,17,23H,9-10H2,1-5H3/t12-,13-,14-,17-/m1/s1. The fraction of sp³-hybridized carbons (Fsp3) is 0.600. The van der Waals surface area contributed by atoms with Gasteiger partial charge in [-0.3, -0.25) is 9.59 Å². The van der Waals surface area contributed by atoms with Gasteiger partial charge in [0.15, 0.2) is 6.10 Å². The number of sulfonamides is 1. The van der Waals surface area contributed by atoms with E-state index >= 15 is 0 Å². The van der Waals surface area contributed by atoms with Gasteiger partial charge in [0.25, 0.3) is 5.91 Å². The Hall–Kier alpha value is -1.39. The number of benzene rings is 1. The maximum Gasteiger partial charge on any atom is 0.325 e. The highest BCUT2D eigenvalue weighted by atomic mass is 35.5. The Morgan fingerprint density at radius 1 is 1.13 bits per heavy atom. The molecule has 31 heavy (non-hydrogen) atoms. The van der Waals surface area contributed by atoms with Crippen LogP contribution in [0.2, 0.25) is 10.0 Å². The molecule has 1 aromatic carbocycles. The molecule has 0 unspecified atom stereocenters. The molecule has 0 aliphatic carbocycles. The number of morpholine rings is 1. The largest absolute Gasteiger partial charge is 0.451 e. The lowest BCUT2D eigenvalue weighted by Crippen LogP contribution is -2.52. The molecule has 0 spiro atoms. The Balaban J connectivity index is 2.14. The van der Waals surface area contributed by atoms with Crippen LogP contribution in [0.3, 0.4) is 0 Å². The number of esters is 1. The average molecular weight is 495 g/mol. The summed E-state index contributed by atoms with van der Waals surface area (Å²) >= 11 is 12.0. The van der Waals surface area contributed by atoms with Gasteiger partial charge in [-0.1, -0.05) is 43.1 Å². The Labute approximate surface area is 193 Å². The minimum atomic E-state index is -4.23. The highest BCUT2D eigenvalue weighted by molar-refractivity contribution is 7.89. The molecular weight excluding hydrogens is 467 g/mol. The van der Waals surface area contributed by atoms with Crippen molar-refractivity contribution in [2.24, 2.45) is 5.92 Å². The summed E-state index contributed by atoms with van der Waals surface area (Å²) in [4.78, 5) is 26.8. The number of amides is 1. The molecule has 2 rings (SSSR count). The van der Waals surface area contributed by atoms with Crippen molar-refractivity contribution in [3.05, 3.63) is 28.2 Å². The maximum atomic E-state index is 12.9. The van der Waals surface area contributed by atoms with E-state index in [-0.39, 0.29) is 33.1 Å². The van der Waals surface area contributed by atoms with E-state index < -0.39 is 34.1 Å². The molecule has 1 heterocycles. The molecule has 1 saturated heterocycles. The summed E-state index contributed by atoms with van der Waals surface area (Å²) in [5.41, 5.74) is 0. The summed E-state index contributed by atoms with van der Waals surface area (Å²) in [7, 11) is -4.23. The molecule has 4 atom stereocenters. The Bertz CT molecular complexity index is 894. The zero-order chi connectivity index (χ0) is 23.5. The van der Waals surface area contributed by atoms with E-state index in [1.807, 2.05) is 13.8 Å². The molecule has 8 nitrogen and oxygen atoms in total. The number of halogens is 2. The van der Waals surface area contributed by atoms with Crippen LogP contribution in [0.15, 0.2) is 23.1 Å². The normalized spacial score (nSPS) is 21.6. The van der Waals surface area contributed by atoms with Crippen LogP contribution in [0.5, 0.6) is 0 Å². The monoisotopic (exact) mass is 494 g/mol. The van der Waals surface area contributed by atoms with Crippen molar-refractivity contribution < 1.29 is 27.5 Å². The predicted molar refractivity (Wildman–Crippen MR) is 118 cm³/mol. The fourth-order valence-electron chi connectivity index (χ4n) is 3.33. The van der Waals surface area contributed by atoms with Crippen LogP contribution < -0.4 is 4.72 Å². The highest BCUT2D eigenvalue weighted by Crippen LogP contribution is 2.29. The van der Waals surface area contributed by atoms with Crippen molar-refractivity contribution in [2.45, 2.75) is 63.9 Å². The van der Waals surface area contributed by atoms with Gasteiger partial charge in [-0.05, 0) is 38.8 Å². The molecule has 0 saturated carbocycles. The first-order valence-corrected chi connectivity index (χ1v) is 12.2. The van der Waals surface area contributed by atoms with E-state index in [1.165, 1.54) is 25.1 Å².